The Balaban J connectivity index is 2.61. The fraction of sp³-hybridized carbons (Fsp3) is 0.0909. The molecule has 92 valence electrons. The van der Waals surface area contributed by atoms with Crippen LogP contribution in [-0.4, -0.2) is 27.8 Å². The van der Waals surface area contributed by atoms with Crippen LogP contribution in [0.25, 0.3) is 5.69 Å². The third kappa shape index (κ3) is 2.05. The normalized spacial score (nSPS) is 10.1. The second-order valence-electron chi connectivity index (χ2n) is 3.38. The number of hydrogen-bond donors (Lipinski definition) is 1. The summed E-state index contributed by atoms with van der Waals surface area (Å²) in [4.78, 5) is 25.9. The molecule has 1 aromatic carbocycles. The third-order valence-corrected chi connectivity index (χ3v) is 2.26. The predicted octanol–water partition coefficient (Wildman–Crippen LogP) is -0.265. The number of nitrogens with two attached hydrogens (primary N) is 1. The van der Waals surface area contributed by atoms with Gasteiger partial charge < -0.3 is 10.5 Å². The third-order valence-electron chi connectivity index (χ3n) is 2.26. The van der Waals surface area contributed by atoms with E-state index in [1.807, 2.05) is 0 Å². The summed E-state index contributed by atoms with van der Waals surface area (Å²) in [6.45, 7) is 0. The summed E-state index contributed by atoms with van der Waals surface area (Å²) in [6, 6.07) is 6.98. The molecular formula is C11H10N4O3. The fourth-order valence-corrected chi connectivity index (χ4v) is 1.43. The minimum Gasteiger partial charge on any atom is -0.494 e. The first-order valence-electron chi connectivity index (χ1n) is 5.02. The Bertz CT molecular complexity index is 651. The zero-order valence-electron chi connectivity index (χ0n) is 9.53. The summed E-state index contributed by atoms with van der Waals surface area (Å²) in [5.41, 5.74) is 4.43. The molecule has 0 spiro atoms. The molecule has 0 unspecified atom stereocenters. The Morgan fingerprint density at radius 1 is 1.39 bits per heavy atom. The lowest BCUT2D eigenvalue weighted by Gasteiger charge is -2.09. The van der Waals surface area contributed by atoms with E-state index in [1.54, 1.807) is 24.3 Å². The Kier molecular flexibility index (Phi) is 3.05. The van der Waals surface area contributed by atoms with Crippen LogP contribution < -0.4 is 16.0 Å². The Morgan fingerprint density at radius 3 is 2.78 bits per heavy atom. The van der Waals surface area contributed by atoms with Crippen LogP contribution in [0, 0.1) is 0 Å². The zero-order chi connectivity index (χ0) is 13.1. The van der Waals surface area contributed by atoms with E-state index >= 15 is 0 Å². The number of carbonyl (C=O) groups is 1. The molecule has 0 fully saturated rings. The Hall–Kier alpha value is -2.70. The molecule has 7 heteroatoms. The summed E-state index contributed by atoms with van der Waals surface area (Å²) >= 11 is 0. The van der Waals surface area contributed by atoms with Crippen molar-refractivity contribution >= 4 is 5.91 Å². The molecule has 2 rings (SSSR count). The van der Waals surface area contributed by atoms with Gasteiger partial charge in [-0.05, 0) is 12.1 Å². The molecule has 0 saturated carbocycles. The Morgan fingerprint density at radius 2 is 2.11 bits per heavy atom. The summed E-state index contributed by atoms with van der Waals surface area (Å²) < 4.78 is 6.41. The van der Waals surface area contributed by atoms with E-state index in [4.69, 9.17) is 10.5 Å². The summed E-state index contributed by atoms with van der Waals surface area (Å²) in [7, 11) is 1.50. The van der Waals surface area contributed by atoms with Crippen molar-refractivity contribution in [3.05, 3.63) is 46.6 Å². The van der Waals surface area contributed by atoms with Gasteiger partial charge in [0.05, 0.1) is 7.11 Å². The number of aromatic nitrogens is 3. The maximum absolute atomic E-state index is 11.3. The van der Waals surface area contributed by atoms with E-state index in [1.165, 1.54) is 18.1 Å². The highest BCUT2D eigenvalue weighted by atomic mass is 16.5. The first-order chi connectivity index (χ1) is 8.63. The van der Waals surface area contributed by atoms with Crippen LogP contribution in [0.15, 0.2) is 35.4 Å². The molecule has 0 saturated heterocycles. The van der Waals surface area contributed by atoms with Gasteiger partial charge in [-0.2, -0.15) is 10.1 Å². The monoisotopic (exact) mass is 246 g/mol. The number of para-hydroxylation sites is 2. The van der Waals surface area contributed by atoms with Crippen LogP contribution in [0.5, 0.6) is 5.75 Å². The topological polar surface area (TPSA) is 100 Å². The van der Waals surface area contributed by atoms with Gasteiger partial charge >= 0.3 is 5.56 Å². The Labute approximate surface area is 102 Å². The standard InChI is InChI=1S/C11H10N4O3/c1-18-8-5-3-2-4-7(8)15-6-13-11(17)9(14-15)10(12)16/h2-6H,1H3,(H2,12,16). The molecule has 2 N–H and O–H groups in total. The number of primary amides is 1. The number of methoxy groups -OCH3 is 1. The highest BCUT2D eigenvalue weighted by Gasteiger charge is 2.12. The number of nitrogens with zero attached hydrogens (tertiary/aromatic N) is 3. The predicted molar refractivity (Wildman–Crippen MR) is 62.7 cm³/mol. The lowest BCUT2D eigenvalue weighted by atomic mass is 10.3. The number of benzene rings is 1. The van der Waals surface area contributed by atoms with Gasteiger partial charge in [0, 0.05) is 0 Å². The number of hydrogen-bond acceptors (Lipinski definition) is 5. The summed E-state index contributed by atoms with van der Waals surface area (Å²) in [6.07, 6.45) is 1.20. The van der Waals surface area contributed by atoms with Crippen LogP contribution in [0.4, 0.5) is 0 Å². The second kappa shape index (κ2) is 4.66. The van der Waals surface area contributed by atoms with Gasteiger partial charge in [0.25, 0.3) is 5.91 Å². The zero-order valence-corrected chi connectivity index (χ0v) is 9.53. The number of carbonyl (C=O) groups excluding carboxylic acids is 1. The minimum atomic E-state index is -0.920. The van der Waals surface area contributed by atoms with E-state index in [2.05, 4.69) is 10.1 Å². The van der Waals surface area contributed by atoms with Crippen LogP contribution in [-0.2, 0) is 0 Å². The van der Waals surface area contributed by atoms with Gasteiger partial charge in [-0.1, -0.05) is 12.1 Å². The molecule has 0 atom stereocenters. The second-order valence-corrected chi connectivity index (χ2v) is 3.38. The van der Waals surface area contributed by atoms with Crippen molar-refractivity contribution in [3.63, 3.8) is 0 Å². The fourth-order valence-electron chi connectivity index (χ4n) is 1.43. The quantitative estimate of drug-likeness (QED) is 0.803. The van der Waals surface area contributed by atoms with Gasteiger partial charge in [0.15, 0.2) is 0 Å². The van der Waals surface area contributed by atoms with Crippen molar-refractivity contribution in [2.45, 2.75) is 0 Å². The molecule has 1 amide bonds. The van der Waals surface area contributed by atoms with Gasteiger partial charge in [0.2, 0.25) is 5.69 Å². The smallest absolute Gasteiger partial charge is 0.304 e. The van der Waals surface area contributed by atoms with Gasteiger partial charge in [0.1, 0.15) is 17.8 Å². The first kappa shape index (κ1) is 11.8. The highest BCUT2D eigenvalue weighted by Crippen LogP contribution is 2.20. The molecule has 0 bridgehead atoms. The van der Waals surface area contributed by atoms with Crippen LogP contribution in [0.2, 0.25) is 0 Å². The van der Waals surface area contributed by atoms with Crippen molar-refractivity contribution in [2.75, 3.05) is 7.11 Å². The maximum Gasteiger partial charge on any atom is 0.304 e. The lowest BCUT2D eigenvalue weighted by Crippen LogP contribution is -2.28. The van der Waals surface area contributed by atoms with Crippen LogP contribution in [0.3, 0.4) is 0 Å². The first-order valence-corrected chi connectivity index (χ1v) is 5.02. The summed E-state index contributed by atoms with van der Waals surface area (Å²) in [5.74, 6) is -0.386. The van der Waals surface area contributed by atoms with Gasteiger partial charge in [-0.25, -0.2) is 4.68 Å². The number of amides is 1. The molecule has 0 aliphatic rings. The van der Waals surface area contributed by atoms with E-state index in [9.17, 15) is 9.59 Å². The molecule has 2 aromatic rings. The van der Waals surface area contributed by atoms with Crippen LogP contribution in [0.1, 0.15) is 10.5 Å². The number of rotatable bonds is 3. The largest absolute Gasteiger partial charge is 0.494 e. The lowest BCUT2D eigenvalue weighted by molar-refractivity contribution is 0.0992. The van der Waals surface area contributed by atoms with Crippen molar-refractivity contribution in [1.29, 1.82) is 0 Å². The summed E-state index contributed by atoms with van der Waals surface area (Å²) in [5, 5.41) is 3.84. The van der Waals surface area contributed by atoms with Crippen molar-refractivity contribution in [2.24, 2.45) is 5.73 Å². The molecule has 7 nitrogen and oxygen atoms in total. The minimum absolute atomic E-state index is 0.414. The molecular weight excluding hydrogens is 236 g/mol. The molecule has 18 heavy (non-hydrogen) atoms. The maximum atomic E-state index is 11.3. The van der Waals surface area contributed by atoms with Crippen molar-refractivity contribution in [1.82, 2.24) is 14.8 Å². The highest BCUT2D eigenvalue weighted by molar-refractivity contribution is 5.90. The molecule has 1 heterocycles. The van der Waals surface area contributed by atoms with Crippen molar-refractivity contribution in [3.8, 4) is 11.4 Å². The average molecular weight is 246 g/mol. The molecule has 0 radical (unpaired) electrons. The molecule has 1 aromatic heterocycles. The molecule has 0 aliphatic carbocycles. The molecule has 0 aliphatic heterocycles. The van der Waals surface area contributed by atoms with E-state index in [0.717, 1.165) is 0 Å². The van der Waals surface area contributed by atoms with Gasteiger partial charge in [-0.15, -0.1) is 0 Å². The average Bonchev–Trinajstić information content (AvgIpc) is 2.39. The van der Waals surface area contributed by atoms with Crippen molar-refractivity contribution < 1.29 is 9.53 Å². The van der Waals surface area contributed by atoms with E-state index in [0.29, 0.717) is 11.4 Å². The van der Waals surface area contributed by atoms with Crippen LogP contribution >= 0.6 is 0 Å². The van der Waals surface area contributed by atoms with Gasteiger partial charge in [-0.3, -0.25) is 9.59 Å². The van der Waals surface area contributed by atoms with E-state index in [-0.39, 0.29) is 0 Å². The van der Waals surface area contributed by atoms with E-state index < -0.39 is 17.2 Å². The SMILES string of the molecule is COc1ccccc1-n1cnc(=O)c(C(N)=O)n1. The number of ether oxygens (including phenoxy) is 1.